The fourth-order valence-electron chi connectivity index (χ4n) is 3.15. The number of fused-ring (bicyclic) bond motifs is 1. The van der Waals surface area contributed by atoms with Gasteiger partial charge in [0.25, 0.3) is 5.56 Å². The zero-order valence-electron chi connectivity index (χ0n) is 15.7. The number of aromatic nitrogens is 2. The van der Waals surface area contributed by atoms with Crippen LogP contribution < -0.4 is 16.6 Å². The van der Waals surface area contributed by atoms with E-state index in [2.05, 4.69) is 12.2 Å². The highest BCUT2D eigenvalue weighted by Gasteiger charge is 2.15. The molecule has 0 saturated heterocycles. The van der Waals surface area contributed by atoms with E-state index in [1.54, 1.807) is 48.5 Å². The first-order valence-corrected chi connectivity index (χ1v) is 9.67. The molecule has 3 rings (SSSR count). The van der Waals surface area contributed by atoms with Crippen LogP contribution in [-0.2, 0) is 17.9 Å². The Morgan fingerprint density at radius 2 is 1.82 bits per heavy atom. The van der Waals surface area contributed by atoms with Crippen LogP contribution in [0.3, 0.4) is 0 Å². The number of halogens is 1. The number of rotatable bonds is 7. The van der Waals surface area contributed by atoms with Crippen LogP contribution in [0.15, 0.2) is 58.1 Å². The lowest BCUT2D eigenvalue weighted by molar-refractivity contribution is -0.116. The summed E-state index contributed by atoms with van der Waals surface area (Å²) in [6.07, 6.45) is 2.64. The van der Waals surface area contributed by atoms with Crippen LogP contribution in [0.5, 0.6) is 0 Å². The van der Waals surface area contributed by atoms with Crippen LogP contribution in [-0.4, -0.2) is 15.0 Å². The lowest BCUT2D eigenvalue weighted by Gasteiger charge is -2.14. The number of carbonyl (C=O) groups excluding carboxylic acids is 1. The number of anilines is 1. The summed E-state index contributed by atoms with van der Waals surface area (Å²) in [7, 11) is 0. The predicted molar refractivity (Wildman–Crippen MR) is 112 cm³/mol. The molecular weight excluding hydrogens is 378 g/mol. The highest BCUT2D eigenvalue weighted by Crippen LogP contribution is 2.15. The molecular formula is C21H22ClN3O3. The molecule has 0 aliphatic carbocycles. The third-order valence-corrected chi connectivity index (χ3v) is 4.76. The summed E-state index contributed by atoms with van der Waals surface area (Å²) in [5.41, 5.74) is 0.209. The summed E-state index contributed by atoms with van der Waals surface area (Å²) >= 11 is 5.95. The minimum Gasteiger partial charge on any atom is -0.324 e. The lowest BCUT2D eigenvalue weighted by atomic mass is 10.2. The third kappa shape index (κ3) is 4.34. The van der Waals surface area contributed by atoms with E-state index in [9.17, 15) is 14.4 Å². The highest BCUT2D eigenvalue weighted by atomic mass is 35.5. The van der Waals surface area contributed by atoms with Crippen LogP contribution in [0.2, 0.25) is 5.02 Å². The van der Waals surface area contributed by atoms with Crippen molar-refractivity contribution in [3.8, 4) is 0 Å². The molecule has 1 aromatic heterocycles. The number of para-hydroxylation sites is 1. The van der Waals surface area contributed by atoms with Gasteiger partial charge in [-0.15, -0.1) is 0 Å². The second-order valence-electron chi connectivity index (χ2n) is 6.61. The maximum Gasteiger partial charge on any atom is 0.331 e. The first-order valence-electron chi connectivity index (χ1n) is 9.29. The highest BCUT2D eigenvalue weighted by molar-refractivity contribution is 6.30. The van der Waals surface area contributed by atoms with Crippen molar-refractivity contribution < 1.29 is 4.79 Å². The minimum absolute atomic E-state index is 0.195. The van der Waals surface area contributed by atoms with E-state index in [1.807, 2.05) is 0 Å². The number of amides is 1. The Balaban J connectivity index is 1.98. The SMILES string of the molecule is CCCCCn1c(=O)c2ccccc2n(CC(=O)Nc2cccc(Cl)c2)c1=O. The van der Waals surface area contributed by atoms with Gasteiger partial charge >= 0.3 is 5.69 Å². The van der Waals surface area contributed by atoms with Crippen molar-refractivity contribution in [2.24, 2.45) is 0 Å². The molecule has 1 heterocycles. The van der Waals surface area contributed by atoms with E-state index >= 15 is 0 Å². The van der Waals surface area contributed by atoms with Crippen molar-refractivity contribution in [3.05, 3.63) is 74.4 Å². The van der Waals surface area contributed by atoms with Crippen molar-refractivity contribution in [3.63, 3.8) is 0 Å². The van der Waals surface area contributed by atoms with Gasteiger partial charge in [0.05, 0.1) is 10.9 Å². The number of benzene rings is 2. The molecule has 0 radical (unpaired) electrons. The van der Waals surface area contributed by atoms with Crippen molar-refractivity contribution >= 4 is 34.1 Å². The van der Waals surface area contributed by atoms with E-state index in [0.717, 1.165) is 19.3 Å². The van der Waals surface area contributed by atoms with Gasteiger partial charge in [0, 0.05) is 17.3 Å². The van der Waals surface area contributed by atoms with Gasteiger partial charge in [0.15, 0.2) is 0 Å². The normalized spacial score (nSPS) is 10.9. The Morgan fingerprint density at radius 3 is 2.57 bits per heavy atom. The predicted octanol–water partition coefficient (Wildman–Crippen LogP) is 3.65. The molecule has 0 unspecified atom stereocenters. The van der Waals surface area contributed by atoms with Crippen LogP contribution in [0.4, 0.5) is 5.69 Å². The molecule has 146 valence electrons. The van der Waals surface area contributed by atoms with E-state index in [1.165, 1.54) is 9.13 Å². The van der Waals surface area contributed by atoms with Gasteiger partial charge in [-0.05, 0) is 36.8 Å². The molecule has 0 fully saturated rings. The lowest BCUT2D eigenvalue weighted by Crippen LogP contribution is -2.41. The molecule has 28 heavy (non-hydrogen) atoms. The van der Waals surface area contributed by atoms with Gasteiger partial charge in [-0.2, -0.15) is 0 Å². The second kappa shape index (κ2) is 8.89. The number of nitrogens with zero attached hydrogens (tertiary/aromatic N) is 2. The Labute approximate surface area is 167 Å². The van der Waals surface area contributed by atoms with Gasteiger partial charge in [-0.3, -0.25) is 18.7 Å². The zero-order chi connectivity index (χ0) is 20.1. The second-order valence-corrected chi connectivity index (χ2v) is 7.04. The van der Waals surface area contributed by atoms with Crippen molar-refractivity contribution in [2.45, 2.75) is 39.3 Å². The largest absolute Gasteiger partial charge is 0.331 e. The van der Waals surface area contributed by atoms with E-state index in [-0.39, 0.29) is 18.0 Å². The summed E-state index contributed by atoms with van der Waals surface area (Å²) in [5, 5.41) is 3.67. The third-order valence-electron chi connectivity index (χ3n) is 4.53. The minimum atomic E-state index is -0.471. The first kappa shape index (κ1) is 19.9. The maximum atomic E-state index is 13.0. The fourth-order valence-corrected chi connectivity index (χ4v) is 3.34. The number of hydrogen-bond acceptors (Lipinski definition) is 3. The quantitative estimate of drug-likeness (QED) is 0.616. The Hall–Kier alpha value is -2.86. The zero-order valence-corrected chi connectivity index (χ0v) is 16.4. The summed E-state index contributed by atoms with van der Waals surface area (Å²) < 4.78 is 2.58. The van der Waals surface area contributed by atoms with Crippen LogP contribution in [0.1, 0.15) is 26.2 Å². The Kier molecular flexibility index (Phi) is 6.31. The van der Waals surface area contributed by atoms with Crippen LogP contribution in [0.25, 0.3) is 10.9 Å². The molecule has 0 aliphatic heterocycles. The summed E-state index contributed by atoms with van der Waals surface area (Å²) in [5.74, 6) is -0.367. The van der Waals surface area contributed by atoms with E-state index in [0.29, 0.717) is 28.2 Å². The molecule has 0 spiro atoms. The fraction of sp³-hybridized carbons (Fsp3) is 0.286. The van der Waals surface area contributed by atoms with Crippen LogP contribution in [0, 0.1) is 0 Å². The smallest absolute Gasteiger partial charge is 0.324 e. The first-order chi connectivity index (χ1) is 13.5. The number of unbranched alkanes of at least 4 members (excludes halogenated alkanes) is 2. The molecule has 0 atom stereocenters. The topological polar surface area (TPSA) is 73.1 Å². The number of carbonyl (C=O) groups is 1. The molecule has 3 aromatic rings. The van der Waals surface area contributed by atoms with Gasteiger partial charge in [0.1, 0.15) is 6.54 Å². The molecule has 6 nitrogen and oxygen atoms in total. The summed E-state index contributed by atoms with van der Waals surface area (Å²) in [6.45, 7) is 2.20. The molecule has 0 bridgehead atoms. The maximum absolute atomic E-state index is 13.0. The Morgan fingerprint density at radius 1 is 1.04 bits per heavy atom. The molecule has 0 saturated carbocycles. The van der Waals surface area contributed by atoms with Crippen molar-refractivity contribution in [1.82, 2.24) is 9.13 Å². The average Bonchev–Trinajstić information content (AvgIpc) is 2.68. The molecule has 0 aliphatic rings. The van der Waals surface area contributed by atoms with Crippen molar-refractivity contribution in [2.75, 3.05) is 5.32 Å². The number of hydrogen-bond donors (Lipinski definition) is 1. The standard InChI is InChI=1S/C21H22ClN3O3/c1-2-3-6-12-24-20(27)17-10-4-5-11-18(17)25(21(24)28)14-19(26)23-16-9-7-8-15(22)13-16/h4-5,7-11,13H,2-3,6,12,14H2,1H3,(H,23,26). The Bertz CT molecular complexity index is 1120. The van der Waals surface area contributed by atoms with Crippen molar-refractivity contribution in [1.29, 1.82) is 0 Å². The summed E-state index contributed by atoms with van der Waals surface area (Å²) in [6, 6.07) is 13.6. The monoisotopic (exact) mass is 399 g/mol. The molecule has 2 aromatic carbocycles. The molecule has 1 N–H and O–H groups in total. The van der Waals surface area contributed by atoms with E-state index < -0.39 is 5.69 Å². The van der Waals surface area contributed by atoms with Gasteiger partial charge < -0.3 is 5.32 Å². The molecule has 1 amide bonds. The average molecular weight is 400 g/mol. The van der Waals surface area contributed by atoms with Gasteiger partial charge in [-0.25, -0.2) is 4.79 Å². The number of nitrogens with one attached hydrogen (secondary N) is 1. The van der Waals surface area contributed by atoms with Gasteiger partial charge in [-0.1, -0.05) is 49.6 Å². The summed E-state index contributed by atoms with van der Waals surface area (Å²) in [4.78, 5) is 38.3. The van der Waals surface area contributed by atoms with E-state index in [4.69, 9.17) is 11.6 Å². The molecule has 7 heteroatoms. The van der Waals surface area contributed by atoms with Gasteiger partial charge in [0.2, 0.25) is 5.91 Å². The van der Waals surface area contributed by atoms with Crippen LogP contribution >= 0.6 is 11.6 Å².